The Kier molecular flexibility index (Phi) is 6.64. The van der Waals surface area contributed by atoms with Crippen LogP contribution >= 0.6 is 0 Å². The first-order valence-corrected chi connectivity index (χ1v) is 9.05. The highest BCUT2D eigenvalue weighted by Crippen LogP contribution is 2.26. The van der Waals surface area contributed by atoms with E-state index < -0.39 is 9.84 Å². The van der Waals surface area contributed by atoms with Gasteiger partial charge in [-0.1, -0.05) is 26.7 Å². The maximum atomic E-state index is 12.2. The minimum absolute atomic E-state index is 0.245. The minimum atomic E-state index is -2.91. The molecule has 0 aromatic rings. The fourth-order valence-electron chi connectivity index (χ4n) is 2.49. The lowest BCUT2D eigenvalue weighted by Gasteiger charge is -2.17. The van der Waals surface area contributed by atoms with E-state index >= 15 is 0 Å². The highest BCUT2D eigenvalue weighted by molar-refractivity contribution is 7.92. The largest absolute Gasteiger partial charge is 0.315 e. The molecule has 0 aliphatic heterocycles. The summed E-state index contributed by atoms with van der Waals surface area (Å²) in [4.78, 5) is 0. The van der Waals surface area contributed by atoms with Gasteiger partial charge in [-0.2, -0.15) is 0 Å². The summed E-state index contributed by atoms with van der Waals surface area (Å²) < 4.78 is 24.3. The zero-order valence-corrected chi connectivity index (χ0v) is 12.9. The SMILES string of the molecule is CC(C)CCNCC(C)S(=O)(=O)CC1CCCC1. The number of hydrogen-bond donors (Lipinski definition) is 1. The molecule has 1 rings (SSSR count). The smallest absolute Gasteiger partial charge is 0.154 e. The van der Waals surface area contributed by atoms with Crippen molar-refractivity contribution < 1.29 is 8.42 Å². The number of rotatable bonds is 8. The summed E-state index contributed by atoms with van der Waals surface area (Å²) in [5.74, 6) is 1.50. The third kappa shape index (κ3) is 5.70. The molecule has 1 unspecified atom stereocenters. The van der Waals surface area contributed by atoms with Gasteiger partial charge in [0.2, 0.25) is 0 Å². The normalized spacial score (nSPS) is 19.6. The standard InChI is InChI=1S/C14H29NO2S/c1-12(2)8-9-15-10-13(3)18(16,17)11-14-6-4-5-7-14/h12-15H,4-11H2,1-3H3. The van der Waals surface area contributed by atoms with Crippen LogP contribution in [0.25, 0.3) is 0 Å². The number of nitrogens with one attached hydrogen (secondary N) is 1. The van der Waals surface area contributed by atoms with E-state index in [1.165, 1.54) is 12.8 Å². The number of hydrogen-bond acceptors (Lipinski definition) is 3. The summed E-state index contributed by atoms with van der Waals surface area (Å²) in [5.41, 5.74) is 0. The van der Waals surface area contributed by atoms with Gasteiger partial charge in [-0.25, -0.2) is 8.42 Å². The second kappa shape index (κ2) is 7.49. The highest BCUT2D eigenvalue weighted by Gasteiger charge is 2.26. The Hall–Kier alpha value is -0.0900. The lowest BCUT2D eigenvalue weighted by Crippen LogP contribution is -2.34. The van der Waals surface area contributed by atoms with Crippen LogP contribution in [0.4, 0.5) is 0 Å². The first-order chi connectivity index (χ1) is 8.42. The van der Waals surface area contributed by atoms with E-state index in [4.69, 9.17) is 0 Å². The molecule has 0 radical (unpaired) electrons. The average Bonchev–Trinajstić information content (AvgIpc) is 2.75. The molecule has 4 heteroatoms. The quantitative estimate of drug-likeness (QED) is 0.693. The van der Waals surface area contributed by atoms with Crippen LogP contribution in [-0.4, -0.2) is 32.5 Å². The predicted molar refractivity (Wildman–Crippen MR) is 77.5 cm³/mol. The minimum Gasteiger partial charge on any atom is -0.315 e. The molecule has 1 aliphatic carbocycles. The van der Waals surface area contributed by atoms with Crippen molar-refractivity contribution >= 4 is 9.84 Å². The Balaban J connectivity index is 2.27. The molecule has 1 N–H and O–H groups in total. The van der Waals surface area contributed by atoms with Gasteiger partial charge in [0.05, 0.1) is 11.0 Å². The maximum absolute atomic E-state index is 12.2. The lowest BCUT2D eigenvalue weighted by atomic mass is 10.1. The van der Waals surface area contributed by atoms with Crippen LogP contribution in [0, 0.1) is 11.8 Å². The molecule has 1 saturated carbocycles. The zero-order chi connectivity index (χ0) is 13.6. The molecule has 1 fully saturated rings. The Morgan fingerprint density at radius 2 is 1.78 bits per heavy atom. The van der Waals surface area contributed by atoms with E-state index in [0.717, 1.165) is 25.8 Å². The van der Waals surface area contributed by atoms with Crippen molar-refractivity contribution in [3.63, 3.8) is 0 Å². The molecule has 0 heterocycles. The molecule has 18 heavy (non-hydrogen) atoms. The van der Waals surface area contributed by atoms with Crippen LogP contribution < -0.4 is 5.32 Å². The monoisotopic (exact) mass is 275 g/mol. The summed E-state index contributed by atoms with van der Waals surface area (Å²) in [6.45, 7) is 7.72. The van der Waals surface area contributed by atoms with Crippen LogP contribution in [-0.2, 0) is 9.84 Å². The molecule has 108 valence electrons. The van der Waals surface area contributed by atoms with Crippen LogP contribution in [0.2, 0.25) is 0 Å². The van der Waals surface area contributed by atoms with Crippen molar-refractivity contribution in [2.24, 2.45) is 11.8 Å². The van der Waals surface area contributed by atoms with Crippen LogP contribution in [0.15, 0.2) is 0 Å². The third-order valence-electron chi connectivity index (χ3n) is 3.89. The second-order valence-corrected chi connectivity index (χ2v) is 8.64. The van der Waals surface area contributed by atoms with Crippen molar-refractivity contribution in [2.45, 2.75) is 58.1 Å². The van der Waals surface area contributed by atoms with E-state index in [0.29, 0.717) is 24.1 Å². The molecule has 0 aromatic carbocycles. The summed E-state index contributed by atoms with van der Waals surface area (Å²) in [7, 11) is -2.91. The summed E-state index contributed by atoms with van der Waals surface area (Å²) in [6.07, 6.45) is 5.73. The van der Waals surface area contributed by atoms with Crippen molar-refractivity contribution in [2.75, 3.05) is 18.8 Å². The van der Waals surface area contributed by atoms with Gasteiger partial charge in [-0.3, -0.25) is 0 Å². The molecule has 1 aliphatic rings. The summed E-state index contributed by atoms with van der Waals surface area (Å²) >= 11 is 0. The molecular formula is C14H29NO2S. The molecule has 1 atom stereocenters. The van der Waals surface area contributed by atoms with Gasteiger partial charge in [0.15, 0.2) is 9.84 Å². The lowest BCUT2D eigenvalue weighted by molar-refractivity contribution is 0.521. The third-order valence-corrected chi connectivity index (χ3v) is 6.21. The van der Waals surface area contributed by atoms with Crippen LogP contribution in [0.1, 0.15) is 52.9 Å². The van der Waals surface area contributed by atoms with Gasteiger partial charge in [0.25, 0.3) is 0 Å². The summed E-state index contributed by atoms with van der Waals surface area (Å²) in [6, 6.07) is 0. The topological polar surface area (TPSA) is 46.2 Å². The fraction of sp³-hybridized carbons (Fsp3) is 1.00. The van der Waals surface area contributed by atoms with Gasteiger partial charge < -0.3 is 5.32 Å². The van der Waals surface area contributed by atoms with Crippen LogP contribution in [0.3, 0.4) is 0 Å². The predicted octanol–water partition coefficient (Wildman–Crippen LogP) is 2.62. The maximum Gasteiger partial charge on any atom is 0.154 e. The molecule has 0 aromatic heterocycles. The van der Waals surface area contributed by atoms with E-state index in [2.05, 4.69) is 19.2 Å². The Morgan fingerprint density at radius 3 is 2.33 bits per heavy atom. The van der Waals surface area contributed by atoms with Crippen molar-refractivity contribution in [1.82, 2.24) is 5.32 Å². The van der Waals surface area contributed by atoms with Gasteiger partial charge in [0, 0.05) is 6.54 Å². The Morgan fingerprint density at radius 1 is 1.17 bits per heavy atom. The fourth-order valence-corrected chi connectivity index (χ4v) is 4.18. The second-order valence-electron chi connectivity index (χ2n) is 6.18. The van der Waals surface area contributed by atoms with Gasteiger partial charge >= 0.3 is 0 Å². The Bertz CT molecular complexity index is 319. The van der Waals surface area contributed by atoms with Crippen molar-refractivity contribution in [3.05, 3.63) is 0 Å². The summed E-state index contributed by atoms with van der Waals surface area (Å²) in [5, 5.41) is 3.02. The zero-order valence-electron chi connectivity index (χ0n) is 12.1. The van der Waals surface area contributed by atoms with E-state index in [9.17, 15) is 8.42 Å². The van der Waals surface area contributed by atoms with E-state index in [1.54, 1.807) is 0 Å². The van der Waals surface area contributed by atoms with E-state index in [1.807, 2.05) is 6.92 Å². The number of sulfone groups is 1. The Labute approximate surface area is 113 Å². The first-order valence-electron chi connectivity index (χ1n) is 7.34. The van der Waals surface area contributed by atoms with Crippen molar-refractivity contribution in [1.29, 1.82) is 0 Å². The molecule has 0 amide bonds. The van der Waals surface area contributed by atoms with Crippen LogP contribution in [0.5, 0.6) is 0 Å². The average molecular weight is 275 g/mol. The first kappa shape index (κ1) is 16.0. The van der Waals surface area contributed by atoms with E-state index in [-0.39, 0.29) is 5.25 Å². The van der Waals surface area contributed by atoms with Gasteiger partial charge in [-0.15, -0.1) is 0 Å². The van der Waals surface area contributed by atoms with Gasteiger partial charge in [0.1, 0.15) is 0 Å². The van der Waals surface area contributed by atoms with Crippen molar-refractivity contribution in [3.8, 4) is 0 Å². The molecule has 0 bridgehead atoms. The highest BCUT2D eigenvalue weighted by atomic mass is 32.2. The molecular weight excluding hydrogens is 246 g/mol. The molecule has 3 nitrogen and oxygen atoms in total. The molecule has 0 saturated heterocycles. The molecule has 0 spiro atoms. The van der Waals surface area contributed by atoms with Gasteiger partial charge in [-0.05, 0) is 44.6 Å².